The highest BCUT2D eigenvalue weighted by atomic mass is 16.5. The second-order valence-corrected chi connectivity index (χ2v) is 4.57. The van der Waals surface area contributed by atoms with Gasteiger partial charge < -0.3 is 9.30 Å². The van der Waals surface area contributed by atoms with Gasteiger partial charge in [0.2, 0.25) is 0 Å². The van der Waals surface area contributed by atoms with Gasteiger partial charge in [0, 0.05) is 30.1 Å². The number of hydrogen-bond donors (Lipinski definition) is 0. The SMILES string of the molecule is COC(=O)CCCc1c(C)n(C)c2ccccc12. The van der Waals surface area contributed by atoms with E-state index < -0.39 is 0 Å². The molecule has 0 radical (unpaired) electrons. The first kappa shape index (κ1) is 12.7. The first-order valence-electron chi connectivity index (χ1n) is 6.25. The zero-order valence-corrected chi connectivity index (χ0v) is 11.2. The highest BCUT2D eigenvalue weighted by Gasteiger charge is 2.11. The van der Waals surface area contributed by atoms with Gasteiger partial charge in [0.25, 0.3) is 0 Å². The molecule has 1 heterocycles. The largest absolute Gasteiger partial charge is 0.469 e. The molecule has 96 valence electrons. The molecule has 0 fully saturated rings. The lowest BCUT2D eigenvalue weighted by atomic mass is 10.0. The van der Waals surface area contributed by atoms with Crippen molar-refractivity contribution in [3.8, 4) is 0 Å². The highest BCUT2D eigenvalue weighted by Crippen LogP contribution is 2.26. The van der Waals surface area contributed by atoms with Gasteiger partial charge in [0.15, 0.2) is 0 Å². The third kappa shape index (κ3) is 2.26. The first-order valence-corrected chi connectivity index (χ1v) is 6.25. The lowest BCUT2D eigenvalue weighted by Crippen LogP contribution is -2.01. The molecule has 2 aromatic rings. The Kier molecular flexibility index (Phi) is 3.70. The van der Waals surface area contributed by atoms with Crippen molar-refractivity contribution < 1.29 is 9.53 Å². The second kappa shape index (κ2) is 5.25. The van der Waals surface area contributed by atoms with Crippen LogP contribution in [0.2, 0.25) is 0 Å². The molecule has 3 nitrogen and oxygen atoms in total. The van der Waals surface area contributed by atoms with E-state index in [2.05, 4.69) is 47.5 Å². The summed E-state index contributed by atoms with van der Waals surface area (Å²) >= 11 is 0. The van der Waals surface area contributed by atoms with Crippen molar-refractivity contribution >= 4 is 16.9 Å². The minimum Gasteiger partial charge on any atom is -0.469 e. The van der Waals surface area contributed by atoms with Crippen LogP contribution in [0, 0.1) is 6.92 Å². The van der Waals surface area contributed by atoms with Gasteiger partial charge in [-0.2, -0.15) is 0 Å². The van der Waals surface area contributed by atoms with E-state index in [1.165, 1.54) is 29.3 Å². The number of esters is 1. The first-order chi connectivity index (χ1) is 8.65. The van der Waals surface area contributed by atoms with Gasteiger partial charge in [-0.3, -0.25) is 4.79 Å². The third-order valence-corrected chi connectivity index (χ3v) is 3.57. The third-order valence-electron chi connectivity index (χ3n) is 3.57. The van der Waals surface area contributed by atoms with E-state index in [0.717, 1.165) is 12.8 Å². The van der Waals surface area contributed by atoms with Crippen molar-refractivity contribution in [1.82, 2.24) is 4.57 Å². The van der Waals surface area contributed by atoms with Crippen LogP contribution in [0.15, 0.2) is 24.3 Å². The normalized spacial score (nSPS) is 10.8. The number of hydrogen-bond acceptors (Lipinski definition) is 2. The summed E-state index contributed by atoms with van der Waals surface area (Å²) in [7, 11) is 3.52. The molecule has 1 aromatic carbocycles. The average molecular weight is 245 g/mol. The van der Waals surface area contributed by atoms with Crippen LogP contribution in [0.5, 0.6) is 0 Å². The molecular formula is C15H19NO2. The Bertz CT molecular complexity index is 569. The number of carbonyl (C=O) groups is 1. The minimum atomic E-state index is -0.132. The van der Waals surface area contributed by atoms with Crippen LogP contribution in [0.25, 0.3) is 10.9 Å². The quantitative estimate of drug-likeness (QED) is 0.775. The van der Waals surface area contributed by atoms with Gasteiger partial charge in [-0.25, -0.2) is 0 Å². The fourth-order valence-corrected chi connectivity index (χ4v) is 2.43. The number of fused-ring (bicyclic) bond motifs is 1. The fourth-order valence-electron chi connectivity index (χ4n) is 2.43. The van der Waals surface area contributed by atoms with Gasteiger partial charge in [-0.05, 0) is 31.4 Å². The fraction of sp³-hybridized carbons (Fsp3) is 0.400. The molecule has 18 heavy (non-hydrogen) atoms. The van der Waals surface area contributed by atoms with E-state index in [1.807, 2.05) is 0 Å². The number of methoxy groups -OCH3 is 1. The number of carbonyl (C=O) groups excluding carboxylic acids is 1. The van der Waals surface area contributed by atoms with Gasteiger partial charge in [-0.15, -0.1) is 0 Å². The molecule has 0 atom stereocenters. The lowest BCUT2D eigenvalue weighted by molar-refractivity contribution is -0.140. The van der Waals surface area contributed by atoms with Crippen LogP contribution in [-0.4, -0.2) is 17.6 Å². The zero-order chi connectivity index (χ0) is 13.1. The number of ether oxygens (including phenoxy) is 1. The molecule has 0 aliphatic rings. The monoisotopic (exact) mass is 245 g/mol. The smallest absolute Gasteiger partial charge is 0.305 e. The molecule has 0 N–H and O–H groups in total. The summed E-state index contributed by atoms with van der Waals surface area (Å²) in [5, 5.41) is 1.29. The van der Waals surface area contributed by atoms with E-state index in [1.54, 1.807) is 0 Å². The Balaban J connectivity index is 2.22. The molecule has 0 saturated heterocycles. The molecule has 0 amide bonds. The molecule has 0 saturated carbocycles. The molecule has 1 aromatic heterocycles. The van der Waals surface area contributed by atoms with E-state index in [-0.39, 0.29) is 5.97 Å². The Morgan fingerprint density at radius 3 is 2.78 bits per heavy atom. The topological polar surface area (TPSA) is 31.2 Å². The molecule has 0 bridgehead atoms. The van der Waals surface area contributed by atoms with Crippen LogP contribution < -0.4 is 0 Å². The van der Waals surface area contributed by atoms with Crippen molar-refractivity contribution in [3.05, 3.63) is 35.5 Å². The molecule has 2 rings (SSSR count). The molecule has 0 aliphatic heterocycles. The summed E-state index contributed by atoms with van der Waals surface area (Å²) in [6, 6.07) is 8.40. The Morgan fingerprint density at radius 1 is 1.33 bits per heavy atom. The predicted octanol–water partition coefficient (Wildman–Crippen LogP) is 2.98. The maximum atomic E-state index is 11.1. The van der Waals surface area contributed by atoms with E-state index in [9.17, 15) is 4.79 Å². The standard InChI is InChI=1S/C15H19NO2/c1-11-12(8-6-10-15(17)18-3)13-7-4-5-9-14(13)16(11)2/h4-5,7,9H,6,8,10H2,1-3H3. The number of rotatable bonds is 4. The van der Waals surface area contributed by atoms with Crippen LogP contribution in [0.3, 0.4) is 0 Å². The summed E-state index contributed by atoms with van der Waals surface area (Å²) in [6.45, 7) is 2.13. The molecule has 0 unspecified atom stereocenters. The predicted molar refractivity (Wildman–Crippen MR) is 72.6 cm³/mol. The van der Waals surface area contributed by atoms with Crippen LogP contribution in [0.4, 0.5) is 0 Å². The Morgan fingerprint density at radius 2 is 2.06 bits per heavy atom. The highest BCUT2D eigenvalue weighted by molar-refractivity contribution is 5.85. The van der Waals surface area contributed by atoms with Gasteiger partial charge >= 0.3 is 5.97 Å². The maximum Gasteiger partial charge on any atom is 0.305 e. The lowest BCUT2D eigenvalue weighted by Gasteiger charge is -2.02. The van der Waals surface area contributed by atoms with E-state index >= 15 is 0 Å². The van der Waals surface area contributed by atoms with Crippen LogP contribution >= 0.6 is 0 Å². The second-order valence-electron chi connectivity index (χ2n) is 4.57. The van der Waals surface area contributed by atoms with Crippen LogP contribution in [0.1, 0.15) is 24.1 Å². The van der Waals surface area contributed by atoms with Crippen molar-refractivity contribution in [3.63, 3.8) is 0 Å². The van der Waals surface area contributed by atoms with Gasteiger partial charge in [0.05, 0.1) is 7.11 Å². The number of nitrogens with zero attached hydrogens (tertiary/aromatic N) is 1. The maximum absolute atomic E-state index is 11.1. The van der Waals surface area contributed by atoms with Crippen LogP contribution in [-0.2, 0) is 23.0 Å². The molecule has 0 aliphatic carbocycles. The summed E-state index contributed by atoms with van der Waals surface area (Å²) in [5.74, 6) is -0.132. The van der Waals surface area contributed by atoms with Crippen molar-refractivity contribution in [2.45, 2.75) is 26.2 Å². The average Bonchev–Trinajstić information content (AvgIpc) is 2.64. The molecule has 3 heteroatoms. The molecule has 0 spiro atoms. The number of aryl methyl sites for hydroxylation is 2. The van der Waals surface area contributed by atoms with Crippen molar-refractivity contribution in [2.24, 2.45) is 7.05 Å². The minimum absolute atomic E-state index is 0.132. The summed E-state index contributed by atoms with van der Waals surface area (Å²) < 4.78 is 6.88. The zero-order valence-electron chi connectivity index (χ0n) is 11.2. The van der Waals surface area contributed by atoms with E-state index in [0.29, 0.717) is 6.42 Å². The number of aromatic nitrogens is 1. The van der Waals surface area contributed by atoms with Crippen molar-refractivity contribution in [1.29, 1.82) is 0 Å². The van der Waals surface area contributed by atoms with Gasteiger partial charge in [0.1, 0.15) is 0 Å². The number of para-hydroxylation sites is 1. The Labute approximate surface area is 107 Å². The number of benzene rings is 1. The van der Waals surface area contributed by atoms with Crippen molar-refractivity contribution in [2.75, 3.05) is 7.11 Å². The summed E-state index contributed by atoms with van der Waals surface area (Å²) in [4.78, 5) is 11.1. The molecular weight excluding hydrogens is 226 g/mol. The Hall–Kier alpha value is -1.77. The summed E-state index contributed by atoms with van der Waals surface area (Å²) in [6.07, 6.45) is 2.24. The summed E-state index contributed by atoms with van der Waals surface area (Å²) in [5.41, 5.74) is 3.88. The van der Waals surface area contributed by atoms with Gasteiger partial charge in [-0.1, -0.05) is 18.2 Å². The van der Waals surface area contributed by atoms with E-state index in [4.69, 9.17) is 0 Å².